The highest BCUT2D eigenvalue weighted by atomic mass is 79.9. The number of aromatic nitrogens is 1. The number of nitrogens with two attached hydrogens (primary N) is 1. The van der Waals surface area contributed by atoms with E-state index >= 15 is 0 Å². The number of esters is 1. The summed E-state index contributed by atoms with van der Waals surface area (Å²) >= 11 is 2.99. The van der Waals surface area contributed by atoms with Crippen molar-refractivity contribution in [2.75, 3.05) is 6.61 Å². The third-order valence-electron chi connectivity index (χ3n) is 1.97. The van der Waals surface area contributed by atoms with Crippen molar-refractivity contribution in [1.29, 1.82) is 0 Å². The molecule has 94 valence electrons. The Balaban J connectivity index is 3.25. The fourth-order valence-corrected chi connectivity index (χ4v) is 1.75. The third-order valence-corrected chi connectivity index (χ3v) is 2.88. The minimum absolute atomic E-state index is 0.0481. The Morgan fingerprint density at radius 3 is 2.76 bits per heavy atom. The van der Waals surface area contributed by atoms with Gasteiger partial charge in [-0.3, -0.25) is 0 Å². The smallest absolute Gasteiger partial charge is 0.356 e. The molecule has 0 aliphatic carbocycles. The normalized spacial score (nSPS) is 10.7. The van der Waals surface area contributed by atoms with Crippen LogP contribution in [0.3, 0.4) is 0 Å². The lowest BCUT2D eigenvalue weighted by atomic mass is 10.2. The van der Waals surface area contributed by atoms with E-state index in [9.17, 15) is 13.6 Å². The predicted octanol–water partition coefficient (Wildman–Crippen LogP) is 2.42. The van der Waals surface area contributed by atoms with Crippen molar-refractivity contribution in [2.45, 2.75) is 19.9 Å². The fourth-order valence-electron chi connectivity index (χ4n) is 1.21. The van der Waals surface area contributed by atoms with E-state index < -0.39 is 12.4 Å². The molecule has 4 nitrogen and oxygen atoms in total. The molecule has 0 spiro atoms. The molecular formula is C10H11BrF2N2O2. The molecule has 0 radical (unpaired) electrons. The van der Waals surface area contributed by atoms with E-state index in [0.29, 0.717) is 0 Å². The van der Waals surface area contributed by atoms with Gasteiger partial charge in [0.25, 0.3) is 6.43 Å². The second-order valence-corrected chi connectivity index (χ2v) is 3.88. The van der Waals surface area contributed by atoms with E-state index in [4.69, 9.17) is 10.5 Å². The highest BCUT2D eigenvalue weighted by Gasteiger charge is 2.20. The lowest BCUT2D eigenvalue weighted by molar-refractivity contribution is 0.0518. The van der Waals surface area contributed by atoms with Crippen molar-refractivity contribution < 1.29 is 18.3 Å². The highest BCUT2D eigenvalue weighted by molar-refractivity contribution is 9.10. The first-order valence-electron chi connectivity index (χ1n) is 4.85. The Labute approximate surface area is 105 Å². The topological polar surface area (TPSA) is 65.2 Å². The molecule has 17 heavy (non-hydrogen) atoms. The standard InChI is InChI=1S/C10H11BrF2N2O2/c1-2-17-10(16)6-3-5(9(12)13)8(11)7(4-14)15-6/h3,9H,2,4,14H2,1H3. The predicted molar refractivity (Wildman–Crippen MR) is 60.7 cm³/mol. The second-order valence-electron chi connectivity index (χ2n) is 3.08. The number of carbonyl (C=O) groups excluding carboxylic acids is 1. The van der Waals surface area contributed by atoms with Gasteiger partial charge in [-0.1, -0.05) is 0 Å². The first kappa shape index (κ1) is 14.0. The molecule has 1 aromatic rings. The van der Waals surface area contributed by atoms with Crippen molar-refractivity contribution >= 4 is 21.9 Å². The number of hydrogen-bond donors (Lipinski definition) is 1. The summed E-state index contributed by atoms with van der Waals surface area (Å²) in [7, 11) is 0. The molecular weight excluding hydrogens is 298 g/mol. The molecule has 0 saturated heterocycles. The summed E-state index contributed by atoms with van der Waals surface area (Å²) in [4.78, 5) is 15.3. The van der Waals surface area contributed by atoms with Crippen molar-refractivity contribution in [1.82, 2.24) is 4.98 Å². The summed E-state index contributed by atoms with van der Waals surface area (Å²) < 4.78 is 30.3. The molecule has 0 atom stereocenters. The monoisotopic (exact) mass is 308 g/mol. The Morgan fingerprint density at radius 2 is 2.29 bits per heavy atom. The van der Waals surface area contributed by atoms with Crippen molar-refractivity contribution in [2.24, 2.45) is 5.73 Å². The molecule has 0 saturated carbocycles. The van der Waals surface area contributed by atoms with Crippen LogP contribution < -0.4 is 5.73 Å². The van der Waals surface area contributed by atoms with Crippen molar-refractivity contribution in [3.05, 3.63) is 27.5 Å². The number of hydrogen-bond acceptors (Lipinski definition) is 4. The van der Waals surface area contributed by atoms with Gasteiger partial charge in [-0.05, 0) is 28.9 Å². The fraction of sp³-hybridized carbons (Fsp3) is 0.400. The van der Waals surface area contributed by atoms with E-state index in [1.54, 1.807) is 6.92 Å². The van der Waals surface area contributed by atoms with Crippen LogP contribution in [-0.4, -0.2) is 17.6 Å². The zero-order chi connectivity index (χ0) is 13.0. The largest absolute Gasteiger partial charge is 0.461 e. The number of alkyl halides is 2. The molecule has 0 aliphatic heterocycles. The number of rotatable bonds is 4. The highest BCUT2D eigenvalue weighted by Crippen LogP contribution is 2.30. The molecule has 1 aromatic heterocycles. The maximum atomic E-state index is 12.7. The average molecular weight is 309 g/mol. The minimum atomic E-state index is -2.72. The van der Waals surface area contributed by atoms with Gasteiger partial charge in [0.1, 0.15) is 5.69 Å². The SMILES string of the molecule is CCOC(=O)c1cc(C(F)F)c(Br)c(CN)n1. The number of ether oxygens (including phenoxy) is 1. The summed E-state index contributed by atoms with van der Waals surface area (Å²) in [6.45, 7) is 1.72. The molecule has 7 heteroatoms. The minimum Gasteiger partial charge on any atom is -0.461 e. The second kappa shape index (κ2) is 6.02. The first-order chi connectivity index (χ1) is 8.01. The number of nitrogens with zero attached hydrogens (tertiary/aromatic N) is 1. The number of pyridine rings is 1. The molecule has 1 rings (SSSR count). The van der Waals surface area contributed by atoms with E-state index in [-0.39, 0.29) is 34.6 Å². The average Bonchev–Trinajstić information content (AvgIpc) is 2.29. The van der Waals surface area contributed by atoms with Gasteiger partial charge in [-0.25, -0.2) is 18.6 Å². The van der Waals surface area contributed by atoms with Gasteiger partial charge in [0.05, 0.1) is 12.3 Å². The van der Waals surface area contributed by atoms with Crippen molar-refractivity contribution in [3.8, 4) is 0 Å². The van der Waals surface area contributed by atoms with Gasteiger partial charge in [0.15, 0.2) is 0 Å². The third kappa shape index (κ3) is 3.19. The number of carbonyl (C=O) groups is 1. The Kier molecular flexibility index (Phi) is 4.95. The molecule has 1 heterocycles. The lowest BCUT2D eigenvalue weighted by Crippen LogP contribution is -2.12. The van der Waals surface area contributed by atoms with Crippen LogP contribution in [0.2, 0.25) is 0 Å². The Bertz CT molecular complexity index is 427. The molecule has 0 amide bonds. The summed E-state index contributed by atoms with van der Waals surface area (Å²) in [6, 6.07) is 1.01. The zero-order valence-corrected chi connectivity index (χ0v) is 10.6. The summed E-state index contributed by atoms with van der Waals surface area (Å²) in [5, 5.41) is 0. The maximum absolute atomic E-state index is 12.7. The zero-order valence-electron chi connectivity index (χ0n) is 9.04. The summed E-state index contributed by atoms with van der Waals surface area (Å²) in [5.41, 5.74) is 5.10. The molecule has 0 aromatic carbocycles. The van der Waals surface area contributed by atoms with Gasteiger partial charge in [-0.15, -0.1) is 0 Å². The number of halogens is 3. The quantitative estimate of drug-likeness (QED) is 0.868. The van der Waals surface area contributed by atoms with Gasteiger partial charge in [0, 0.05) is 16.6 Å². The van der Waals surface area contributed by atoms with Gasteiger partial charge in [-0.2, -0.15) is 0 Å². The van der Waals surface area contributed by atoms with Crippen LogP contribution in [-0.2, 0) is 11.3 Å². The van der Waals surface area contributed by atoms with E-state index in [2.05, 4.69) is 20.9 Å². The summed E-state index contributed by atoms with van der Waals surface area (Å²) in [6.07, 6.45) is -2.72. The molecule has 0 bridgehead atoms. The van der Waals surface area contributed by atoms with Crippen LogP contribution in [0.4, 0.5) is 8.78 Å². The van der Waals surface area contributed by atoms with Gasteiger partial charge < -0.3 is 10.5 Å². The van der Waals surface area contributed by atoms with Crippen LogP contribution in [0.15, 0.2) is 10.5 Å². The Morgan fingerprint density at radius 1 is 1.65 bits per heavy atom. The molecule has 0 fully saturated rings. The maximum Gasteiger partial charge on any atom is 0.356 e. The summed E-state index contributed by atoms with van der Waals surface area (Å²) in [5.74, 6) is -0.739. The van der Waals surface area contributed by atoms with Gasteiger partial charge >= 0.3 is 5.97 Å². The van der Waals surface area contributed by atoms with Crippen LogP contribution in [0.1, 0.15) is 35.1 Å². The molecule has 2 N–H and O–H groups in total. The van der Waals surface area contributed by atoms with Crippen molar-refractivity contribution in [3.63, 3.8) is 0 Å². The van der Waals surface area contributed by atoms with Crippen LogP contribution in [0.25, 0.3) is 0 Å². The lowest BCUT2D eigenvalue weighted by Gasteiger charge is -2.10. The van der Waals surface area contributed by atoms with Crippen LogP contribution in [0.5, 0.6) is 0 Å². The van der Waals surface area contributed by atoms with E-state index in [0.717, 1.165) is 6.07 Å². The van der Waals surface area contributed by atoms with Crippen LogP contribution >= 0.6 is 15.9 Å². The molecule has 0 aliphatic rings. The van der Waals surface area contributed by atoms with Crippen LogP contribution in [0, 0.1) is 0 Å². The Hall–Kier alpha value is -1.08. The van der Waals surface area contributed by atoms with E-state index in [1.807, 2.05) is 0 Å². The molecule has 0 unspecified atom stereocenters. The first-order valence-corrected chi connectivity index (χ1v) is 5.65. The van der Waals surface area contributed by atoms with E-state index in [1.165, 1.54) is 0 Å². The van der Waals surface area contributed by atoms with Gasteiger partial charge in [0.2, 0.25) is 0 Å².